The van der Waals surface area contributed by atoms with Gasteiger partial charge in [0.05, 0.1) is 0 Å². The highest BCUT2D eigenvalue weighted by Crippen LogP contribution is 2.44. The maximum absolute atomic E-state index is 8.90. The molecule has 1 nitrogen and oxygen atoms in total. The lowest BCUT2D eigenvalue weighted by Gasteiger charge is -2.41. The third-order valence-corrected chi connectivity index (χ3v) is 3.85. The Balaban J connectivity index is 1.72. The predicted octanol–water partition coefficient (Wildman–Crippen LogP) is 2.59. The van der Waals surface area contributed by atoms with Gasteiger partial charge in [-0.3, -0.25) is 0 Å². The summed E-state index contributed by atoms with van der Waals surface area (Å²) in [4.78, 5) is 0. The molecule has 0 bridgehead atoms. The second-order valence-corrected chi connectivity index (χ2v) is 4.68. The van der Waals surface area contributed by atoms with Gasteiger partial charge in [-0.05, 0) is 30.6 Å². The maximum atomic E-state index is 8.90. The molecule has 12 heavy (non-hydrogen) atoms. The molecule has 0 aromatic heterocycles. The van der Waals surface area contributed by atoms with Crippen molar-refractivity contribution < 1.29 is 5.11 Å². The molecule has 0 spiro atoms. The number of aliphatic hydroxyl groups is 1. The number of hydrogen-bond acceptors (Lipinski definition) is 1. The summed E-state index contributed by atoms with van der Waals surface area (Å²) in [6.07, 6.45) is 9.98. The van der Waals surface area contributed by atoms with E-state index in [0.717, 1.165) is 11.8 Å². The first-order valence-electron chi connectivity index (χ1n) is 5.51. The number of rotatable bonds is 2. The molecule has 0 aromatic rings. The van der Waals surface area contributed by atoms with Crippen LogP contribution in [-0.4, -0.2) is 11.7 Å². The summed E-state index contributed by atoms with van der Waals surface area (Å²) in [5.74, 6) is 2.68. The third-order valence-electron chi connectivity index (χ3n) is 3.85. The highest BCUT2D eigenvalue weighted by molar-refractivity contribution is 4.85. The van der Waals surface area contributed by atoms with Crippen molar-refractivity contribution in [1.29, 1.82) is 0 Å². The van der Waals surface area contributed by atoms with Crippen molar-refractivity contribution >= 4 is 0 Å². The zero-order valence-electron chi connectivity index (χ0n) is 7.84. The van der Waals surface area contributed by atoms with Crippen LogP contribution in [0.5, 0.6) is 0 Å². The molecule has 0 saturated heterocycles. The van der Waals surface area contributed by atoms with Crippen molar-refractivity contribution in [2.75, 3.05) is 6.61 Å². The van der Waals surface area contributed by atoms with E-state index >= 15 is 0 Å². The summed E-state index contributed by atoms with van der Waals surface area (Å²) in [5, 5.41) is 8.90. The van der Waals surface area contributed by atoms with Gasteiger partial charge in [0, 0.05) is 6.61 Å². The quantitative estimate of drug-likeness (QED) is 0.672. The second kappa shape index (κ2) is 3.78. The van der Waals surface area contributed by atoms with Gasteiger partial charge in [0.25, 0.3) is 0 Å². The van der Waals surface area contributed by atoms with Gasteiger partial charge in [-0.2, -0.15) is 0 Å². The zero-order valence-corrected chi connectivity index (χ0v) is 7.84. The monoisotopic (exact) mass is 168 g/mol. The second-order valence-electron chi connectivity index (χ2n) is 4.68. The molecule has 2 aliphatic carbocycles. The van der Waals surface area contributed by atoms with E-state index in [1.54, 1.807) is 0 Å². The first-order valence-corrected chi connectivity index (χ1v) is 5.51. The normalized spacial score (nSPS) is 37.8. The smallest absolute Gasteiger partial charge is 0.0459 e. The van der Waals surface area contributed by atoms with Crippen LogP contribution < -0.4 is 0 Å². The van der Waals surface area contributed by atoms with E-state index in [-0.39, 0.29) is 0 Å². The Morgan fingerprint density at radius 3 is 2.17 bits per heavy atom. The van der Waals surface area contributed by atoms with Crippen molar-refractivity contribution in [2.45, 2.75) is 44.9 Å². The van der Waals surface area contributed by atoms with Gasteiger partial charge in [0.1, 0.15) is 0 Å². The van der Waals surface area contributed by atoms with Crippen LogP contribution in [0.3, 0.4) is 0 Å². The van der Waals surface area contributed by atoms with E-state index in [4.69, 9.17) is 5.11 Å². The van der Waals surface area contributed by atoms with Crippen molar-refractivity contribution in [3.63, 3.8) is 0 Å². The van der Waals surface area contributed by atoms with Gasteiger partial charge in [-0.15, -0.1) is 0 Å². The average molecular weight is 168 g/mol. The van der Waals surface area contributed by atoms with E-state index in [2.05, 4.69) is 0 Å². The summed E-state index contributed by atoms with van der Waals surface area (Å²) >= 11 is 0. The van der Waals surface area contributed by atoms with Crippen LogP contribution in [0, 0.1) is 17.8 Å². The molecule has 2 saturated carbocycles. The molecular weight excluding hydrogens is 148 g/mol. The van der Waals surface area contributed by atoms with Gasteiger partial charge in [-0.1, -0.05) is 32.1 Å². The lowest BCUT2D eigenvalue weighted by Crippen LogP contribution is -2.33. The first-order chi connectivity index (χ1) is 5.90. The first kappa shape index (κ1) is 8.55. The predicted molar refractivity (Wildman–Crippen MR) is 49.9 cm³/mol. The Bertz CT molecular complexity index is 132. The number of hydrogen-bond donors (Lipinski definition) is 1. The van der Waals surface area contributed by atoms with Crippen LogP contribution in [0.15, 0.2) is 0 Å². The van der Waals surface area contributed by atoms with Gasteiger partial charge in [0.15, 0.2) is 0 Å². The van der Waals surface area contributed by atoms with Crippen molar-refractivity contribution in [3.8, 4) is 0 Å². The van der Waals surface area contributed by atoms with Gasteiger partial charge in [0.2, 0.25) is 0 Å². The molecule has 1 N–H and O–H groups in total. The van der Waals surface area contributed by atoms with E-state index in [0.29, 0.717) is 12.5 Å². The standard InChI is InChI=1S/C11H20O/c12-8-9-6-11(7-9)10-4-2-1-3-5-10/h9-12H,1-8H2. The van der Waals surface area contributed by atoms with Gasteiger partial charge >= 0.3 is 0 Å². The fraction of sp³-hybridized carbons (Fsp3) is 1.00. The Morgan fingerprint density at radius 1 is 0.917 bits per heavy atom. The molecule has 2 fully saturated rings. The molecule has 1 heteroatoms. The van der Waals surface area contributed by atoms with Crippen LogP contribution >= 0.6 is 0 Å². The molecule has 2 rings (SSSR count). The van der Waals surface area contributed by atoms with Crippen molar-refractivity contribution in [2.24, 2.45) is 17.8 Å². The third kappa shape index (κ3) is 1.66. The minimum absolute atomic E-state index is 0.434. The van der Waals surface area contributed by atoms with Crippen LogP contribution in [-0.2, 0) is 0 Å². The SMILES string of the molecule is OCC1CC(C2CCCCC2)C1. The average Bonchev–Trinajstić information content (AvgIpc) is 2.04. The highest BCUT2D eigenvalue weighted by atomic mass is 16.3. The van der Waals surface area contributed by atoms with Gasteiger partial charge < -0.3 is 5.11 Å². The van der Waals surface area contributed by atoms with E-state index in [9.17, 15) is 0 Å². The van der Waals surface area contributed by atoms with E-state index < -0.39 is 0 Å². The maximum Gasteiger partial charge on any atom is 0.0459 e. The molecule has 0 atom stereocenters. The largest absolute Gasteiger partial charge is 0.396 e. The van der Waals surface area contributed by atoms with Crippen LogP contribution in [0.25, 0.3) is 0 Å². The summed E-state index contributed by atoms with van der Waals surface area (Å²) in [6.45, 7) is 0.434. The molecule has 0 heterocycles. The fourth-order valence-electron chi connectivity index (χ4n) is 2.93. The van der Waals surface area contributed by atoms with Crippen LogP contribution in [0.1, 0.15) is 44.9 Å². The molecule has 2 aliphatic rings. The summed E-state index contributed by atoms with van der Waals surface area (Å²) in [7, 11) is 0. The summed E-state index contributed by atoms with van der Waals surface area (Å²) < 4.78 is 0. The Labute approximate surface area is 75.2 Å². The number of aliphatic hydroxyl groups excluding tert-OH is 1. The zero-order chi connectivity index (χ0) is 8.39. The van der Waals surface area contributed by atoms with Gasteiger partial charge in [-0.25, -0.2) is 0 Å². The minimum atomic E-state index is 0.434. The van der Waals surface area contributed by atoms with E-state index in [1.165, 1.54) is 44.9 Å². The lowest BCUT2D eigenvalue weighted by atomic mass is 9.65. The molecule has 0 unspecified atom stereocenters. The van der Waals surface area contributed by atoms with E-state index in [1.807, 2.05) is 0 Å². The van der Waals surface area contributed by atoms with Crippen LogP contribution in [0.4, 0.5) is 0 Å². The Hall–Kier alpha value is -0.0400. The molecular formula is C11H20O. The lowest BCUT2D eigenvalue weighted by molar-refractivity contribution is 0.0553. The van der Waals surface area contributed by atoms with Crippen molar-refractivity contribution in [1.82, 2.24) is 0 Å². The molecule has 0 amide bonds. The summed E-state index contributed by atoms with van der Waals surface area (Å²) in [5.41, 5.74) is 0. The molecule has 70 valence electrons. The molecule has 0 aromatic carbocycles. The fourth-order valence-corrected chi connectivity index (χ4v) is 2.93. The molecule has 0 radical (unpaired) electrons. The Morgan fingerprint density at radius 2 is 1.58 bits per heavy atom. The topological polar surface area (TPSA) is 20.2 Å². The minimum Gasteiger partial charge on any atom is -0.396 e. The Kier molecular flexibility index (Phi) is 2.69. The highest BCUT2D eigenvalue weighted by Gasteiger charge is 2.34. The summed E-state index contributed by atoms with van der Waals surface area (Å²) in [6, 6.07) is 0. The van der Waals surface area contributed by atoms with Crippen LogP contribution in [0.2, 0.25) is 0 Å². The molecule has 0 aliphatic heterocycles. The van der Waals surface area contributed by atoms with Crippen molar-refractivity contribution in [3.05, 3.63) is 0 Å².